The minimum atomic E-state index is -0.731. The predicted molar refractivity (Wildman–Crippen MR) is 55.3 cm³/mol. The van der Waals surface area contributed by atoms with Crippen LogP contribution < -0.4 is 4.74 Å². The third-order valence-corrected chi connectivity index (χ3v) is 3.33. The van der Waals surface area contributed by atoms with Gasteiger partial charge in [0.1, 0.15) is 5.75 Å². The first-order valence-electron chi connectivity index (χ1n) is 5.30. The standard InChI is InChI=1S/C12H12O4/c13-11(14)12(3-4-12)9-1-2-10-8(5-9)6-15-7-16-10/h1-2,5H,3-4,6-7H2,(H,13,14). The number of fused-ring (bicyclic) bond motifs is 1. The average molecular weight is 220 g/mol. The van der Waals surface area contributed by atoms with E-state index in [0.29, 0.717) is 6.61 Å². The van der Waals surface area contributed by atoms with E-state index in [9.17, 15) is 9.90 Å². The minimum absolute atomic E-state index is 0.274. The maximum absolute atomic E-state index is 11.2. The zero-order valence-corrected chi connectivity index (χ0v) is 8.73. The van der Waals surface area contributed by atoms with Gasteiger partial charge >= 0.3 is 5.97 Å². The highest BCUT2D eigenvalue weighted by Crippen LogP contribution is 2.49. The maximum atomic E-state index is 11.2. The summed E-state index contributed by atoms with van der Waals surface area (Å²) in [6.07, 6.45) is 1.45. The Morgan fingerprint density at radius 1 is 1.38 bits per heavy atom. The lowest BCUT2D eigenvalue weighted by atomic mass is 9.94. The summed E-state index contributed by atoms with van der Waals surface area (Å²) in [5.41, 5.74) is 1.16. The van der Waals surface area contributed by atoms with Crippen LogP contribution in [0.5, 0.6) is 5.75 Å². The molecule has 0 spiro atoms. The van der Waals surface area contributed by atoms with E-state index in [4.69, 9.17) is 9.47 Å². The van der Waals surface area contributed by atoms with Gasteiger partial charge in [0.25, 0.3) is 0 Å². The Labute approximate surface area is 92.8 Å². The van der Waals surface area contributed by atoms with Crippen LogP contribution in [0.25, 0.3) is 0 Å². The van der Waals surface area contributed by atoms with E-state index in [0.717, 1.165) is 29.7 Å². The van der Waals surface area contributed by atoms with Crippen LogP contribution in [0.2, 0.25) is 0 Å². The molecule has 0 bridgehead atoms. The van der Waals surface area contributed by atoms with Gasteiger partial charge in [0.15, 0.2) is 6.79 Å². The SMILES string of the molecule is O=C(O)C1(c2ccc3c(c2)COCO3)CC1. The topological polar surface area (TPSA) is 55.8 Å². The third kappa shape index (κ3) is 1.30. The van der Waals surface area contributed by atoms with Crippen molar-refractivity contribution in [2.75, 3.05) is 6.79 Å². The molecule has 1 fully saturated rings. The van der Waals surface area contributed by atoms with Crippen LogP contribution in [0.1, 0.15) is 24.0 Å². The summed E-state index contributed by atoms with van der Waals surface area (Å²) in [5, 5.41) is 9.20. The van der Waals surface area contributed by atoms with E-state index in [1.807, 2.05) is 18.2 Å². The first kappa shape index (κ1) is 9.66. The summed E-state index contributed by atoms with van der Waals surface area (Å²) in [6, 6.07) is 5.59. The van der Waals surface area contributed by atoms with Crippen molar-refractivity contribution in [3.8, 4) is 5.75 Å². The van der Waals surface area contributed by atoms with Gasteiger partial charge in [-0.2, -0.15) is 0 Å². The molecule has 1 aliphatic carbocycles. The first-order valence-corrected chi connectivity index (χ1v) is 5.30. The van der Waals surface area contributed by atoms with E-state index in [1.54, 1.807) is 0 Å². The molecule has 1 heterocycles. The van der Waals surface area contributed by atoms with Gasteiger partial charge in [-0.15, -0.1) is 0 Å². The molecule has 1 N–H and O–H groups in total. The van der Waals surface area contributed by atoms with Gasteiger partial charge in [0, 0.05) is 5.56 Å². The van der Waals surface area contributed by atoms with Gasteiger partial charge in [-0.3, -0.25) is 4.79 Å². The second kappa shape index (κ2) is 3.22. The number of rotatable bonds is 2. The fourth-order valence-corrected chi connectivity index (χ4v) is 2.14. The van der Waals surface area contributed by atoms with Gasteiger partial charge in [-0.1, -0.05) is 6.07 Å². The fourth-order valence-electron chi connectivity index (χ4n) is 2.14. The van der Waals surface area contributed by atoms with E-state index in [2.05, 4.69) is 0 Å². The van der Waals surface area contributed by atoms with Crippen molar-refractivity contribution in [1.82, 2.24) is 0 Å². The van der Waals surface area contributed by atoms with Crippen molar-refractivity contribution in [1.29, 1.82) is 0 Å². The molecule has 1 saturated carbocycles. The summed E-state index contributed by atoms with van der Waals surface area (Å²) < 4.78 is 10.5. The summed E-state index contributed by atoms with van der Waals surface area (Å²) in [4.78, 5) is 11.2. The normalized spacial score (nSPS) is 20.8. The Morgan fingerprint density at radius 2 is 2.19 bits per heavy atom. The second-order valence-electron chi connectivity index (χ2n) is 4.32. The fraction of sp³-hybridized carbons (Fsp3) is 0.417. The highest BCUT2D eigenvalue weighted by molar-refractivity contribution is 5.85. The molecular formula is C12H12O4. The number of hydrogen-bond acceptors (Lipinski definition) is 3. The Bertz CT molecular complexity index is 448. The highest BCUT2D eigenvalue weighted by Gasteiger charge is 2.51. The van der Waals surface area contributed by atoms with Crippen molar-refractivity contribution in [2.24, 2.45) is 0 Å². The molecule has 0 unspecified atom stereocenters. The van der Waals surface area contributed by atoms with E-state index in [1.165, 1.54) is 0 Å². The summed E-state index contributed by atoms with van der Waals surface area (Å²) in [6.45, 7) is 0.773. The number of carbonyl (C=O) groups is 1. The highest BCUT2D eigenvalue weighted by atomic mass is 16.7. The van der Waals surface area contributed by atoms with E-state index >= 15 is 0 Å². The van der Waals surface area contributed by atoms with Crippen LogP contribution >= 0.6 is 0 Å². The molecule has 0 saturated heterocycles. The number of carboxylic acids is 1. The predicted octanol–water partition coefficient (Wildman–Crippen LogP) is 1.67. The molecule has 4 heteroatoms. The smallest absolute Gasteiger partial charge is 0.314 e. The van der Waals surface area contributed by atoms with Crippen molar-refractivity contribution in [3.63, 3.8) is 0 Å². The first-order chi connectivity index (χ1) is 7.72. The molecular weight excluding hydrogens is 208 g/mol. The van der Waals surface area contributed by atoms with Crippen LogP contribution in [-0.2, 0) is 21.6 Å². The Morgan fingerprint density at radius 3 is 2.88 bits per heavy atom. The van der Waals surface area contributed by atoms with E-state index in [-0.39, 0.29) is 6.79 Å². The lowest BCUT2D eigenvalue weighted by molar-refractivity contribution is -0.140. The maximum Gasteiger partial charge on any atom is 0.314 e. The van der Waals surface area contributed by atoms with Gasteiger partial charge in [0.2, 0.25) is 0 Å². The molecule has 84 valence electrons. The van der Waals surface area contributed by atoms with Crippen LogP contribution in [0.15, 0.2) is 18.2 Å². The number of ether oxygens (including phenoxy) is 2. The third-order valence-electron chi connectivity index (χ3n) is 3.33. The Hall–Kier alpha value is -1.55. The van der Waals surface area contributed by atoms with Crippen molar-refractivity contribution in [2.45, 2.75) is 24.9 Å². The molecule has 0 atom stereocenters. The monoisotopic (exact) mass is 220 g/mol. The summed E-state index contributed by atoms with van der Waals surface area (Å²) in [7, 11) is 0. The molecule has 3 rings (SSSR count). The molecule has 4 nitrogen and oxygen atoms in total. The lowest BCUT2D eigenvalue weighted by Crippen LogP contribution is -2.20. The molecule has 1 aromatic carbocycles. The Kier molecular flexibility index (Phi) is 1.94. The van der Waals surface area contributed by atoms with Gasteiger partial charge in [0.05, 0.1) is 12.0 Å². The molecule has 0 aromatic heterocycles. The quantitative estimate of drug-likeness (QED) is 0.823. The molecule has 0 radical (unpaired) electrons. The van der Waals surface area contributed by atoms with Gasteiger partial charge in [-0.05, 0) is 30.5 Å². The zero-order valence-electron chi connectivity index (χ0n) is 8.73. The molecule has 1 aliphatic heterocycles. The zero-order chi connectivity index (χ0) is 11.2. The van der Waals surface area contributed by atoms with Crippen molar-refractivity contribution < 1.29 is 19.4 Å². The van der Waals surface area contributed by atoms with Crippen LogP contribution in [-0.4, -0.2) is 17.9 Å². The number of carboxylic acid groups (broad SMARTS) is 1. The van der Waals surface area contributed by atoms with Crippen LogP contribution in [0, 0.1) is 0 Å². The van der Waals surface area contributed by atoms with E-state index < -0.39 is 11.4 Å². The number of benzene rings is 1. The lowest BCUT2D eigenvalue weighted by Gasteiger charge is -2.19. The molecule has 0 amide bonds. The molecule has 16 heavy (non-hydrogen) atoms. The molecule has 2 aliphatic rings. The van der Waals surface area contributed by atoms with Crippen molar-refractivity contribution >= 4 is 5.97 Å². The van der Waals surface area contributed by atoms with Crippen LogP contribution in [0.4, 0.5) is 0 Å². The molecule has 1 aromatic rings. The van der Waals surface area contributed by atoms with Crippen molar-refractivity contribution in [3.05, 3.63) is 29.3 Å². The summed E-state index contributed by atoms with van der Waals surface area (Å²) in [5.74, 6) is 0.0706. The second-order valence-corrected chi connectivity index (χ2v) is 4.32. The largest absolute Gasteiger partial charge is 0.481 e. The minimum Gasteiger partial charge on any atom is -0.481 e. The van der Waals surface area contributed by atoms with Gasteiger partial charge in [-0.25, -0.2) is 0 Å². The number of hydrogen-bond donors (Lipinski definition) is 1. The number of aliphatic carboxylic acids is 1. The van der Waals surface area contributed by atoms with Gasteiger partial charge < -0.3 is 14.6 Å². The average Bonchev–Trinajstić information content (AvgIpc) is 3.09. The Balaban J connectivity index is 2.00. The summed E-state index contributed by atoms with van der Waals surface area (Å²) >= 11 is 0. The van der Waals surface area contributed by atoms with Crippen LogP contribution in [0.3, 0.4) is 0 Å².